The summed E-state index contributed by atoms with van der Waals surface area (Å²) in [5.41, 5.74) is 2.64. The van der Waals surface area contributed by atoms with Crippen LogP contribution < -0.4 is 9.47 Å². The van der Waals surface area contributed by atoms with E-state index in [9.17, 15) is 4.79 Å². The molecular weight excluding hydrogens is 458 g/mol. The monoisotopic (exact) mass is 497 g/mol. The molecule has 196 valence electrons. The van der Waals surface area contributed by atoms with Crippen LogP contribution >= 0.6 is 0 Å². The Morgan fingerprint density at radius 3 is 2.50 bits per heavy atom. The van der Waals surface area contributed by atoms with Crippen molar-refractivity contribution in [2.24, 2.45) is 5.92 Å². The van der Waals surface area contributed by atoms with Gasteiger partial charge < -0.3 is 23.6 Å². The lowest BCUT2D eigenvalue weighted by Crippen LogP contribution is -2.48. The van der Waals surface area contributed by atoms with Gasteiger partial charge in [0.15, 0.2) is 11.5 Å². The van der Waals surface area contributed by atoms with Gasteiger partial charge in [0.25, 0.3) is 0 Å². The predicted molar refractivity (Wildman–Crippen MR) is 138 cm³/mol. The van der Waals surface area contributed by atoms with Crippen molar-refractivity contribution in [2.45, 2.75) is 59.4 Å². The van der Waals surface area contributed by atoms with E-state index in [1.54, 1.807) is 13.2 Å². The standard InChI is InChI=1S/C28H39N3O5/c1-19-15-30(16-20(2)35-19)17-24-10-12-31(13-11-24)28(32)9-7-23-6-8-26(27(14-23)33-5)34-18-25-21(3)29-36-22(25)4/h6-9,14,19-20,24H,10-13,15-18H2,1-5H3/b9-7+. The van der Waals surface area contributed by atoms with Gasteiger partial charge in [0.1, 0.15) is 12.4 Å². The van der Waals surface area contributed by atoms with Crippen LogP contribution in [-0.4, -0.2) is 72.9 Å². The third-order valence-corrected chi connectivity index (χ3v) is 7.10. The third-order valence-electron chi connectivity index (χ3n) is 7.10. The third kappa shape index (κ3) is 6.68. The largest absolute Gasteiger partial charge is 0.493 e. The summed E-state index contributed by atoms with van der Waals surface area (Å²) in [6.07, 6.45) is 6.18. The number of ether oxygens (including phenoxy) is 3. The van der Waals surface area contributed by atoms with Gasteiger partial charge in [-0.2, -0.15) is 0 Å². The Balaban J connectivity index is 1.27. The van der Waals surface area contributed by atoms with Gasteiger partial charge in [-0.25, -0.2) is 0 Å². The normalized spacial score (nSPS) is 21.8. The molecule has 2 aliphatic heterocycles. The number of carbonyl (C=O) groups is 1. The van der Waals surface area contributed by atoms with Crippen LogP contribution in [0.4, 0.5) is 0 Å². The second kappa shape index (κ2) is 11.9. The van der Waals surface area contributed by atoms with Crippen LogP contribution in [0.3, 0.4) is 0 Å². The summed E-state index contributed by atoms with van der Waals surface area (Å²) in [6, 6.07) is 5.66. The molecule has 1 aromatic carbocycles. The number of nitrogens with zero attached hydrogens (tertiary/aromatic N) is 3. The fourth-order valence-electron chi connectivity index (χ4n) is 5.17. The number of benzene rings is 1. The molecule has 0 spiro atoms. The molecule has 1 amide bonds. The Kier molecular flexibility index (Phi) is 8.69. The van der Waals surface area contributed by atoms with Crippen LogP contribution in [0.2, 0.25) is 0 Å². The van der Waals surface area contributed by atoms with Crippen molar-refractivity contribution in [2.75, 3.05) is 39.8 Å². The van der Waals surface area contributed by atoms with E-state index in [1.165, 1.54) is 0 Å². The first-order valence-corrected chi connectivity index (χ1v) is 12.9. The van der Waals surface area contributed by atoms with E-state index >= 15 is 0 Å². The van der Waals surface area contributed by atoms with Gasteiger partial charge in [0.2, 0.25) is 5.91 Å². The number of carbonyl (C=O) groups excluding carboxylic acids is 1. The number of hydrogen-bond donors (Lipinski definition) is 0. The van der Waals surface area contributed by atoms with E-state index in [-0.39, 0.29) is 5.91 Å². The van der Waals surface area contributed by atoms with Crippen molar-refractivity contribution in [3.63, 3.8) is 0 Å². The Labute approximate surface area is 214 Å². The number of amides is 1. The van der Waals surface area contributed by atoms with Gasteiger partial charge in [-0.1, -0.05) is 11.2 Å². The number of likely N-dealkylation sites (tertiary alicyclic amines) is 1. The first-order chi connectivity index (χ1) is 17.3. The Hall–Kier alpha value is -2.84. The highest BCUT2D eigenvalue weighted by Crippen LogP contribution is 2.30. The van der Waals surface area contributed by atoms with E-state index in [0.29, 0.717) is 36.2 Å². The minimum absolute atomic E-state index is 0.0553. The van der Waals surface area contributed by atoms with Crippen molar-refractivity contribution in [1.29, 1.82) is 0 Å². The SMILES string of the molecule is COc1cc(/C=C/C(=O)N2CCC(CN3CC(C)OC(C)C3)CC2)ccc1OCc1c(C)noc1C. The summed E-state index contributed by atoms with van der Waals surface area (Å²) in [5, 5.41) is 3.96. The highest BCUT2D eigenvalue weighted by molar-refractivity contribution is 5.91. The molecule has 8 nitrogen and oxygen atoms in total. The zero-order valence-electron chi connectivity index (χ0n) is 22.2. The first kappa shape index (κ1) is 26.2. The fraction of sp³-hybridized carbons (Fsp3) is 0.571. The van der Waals surface area contributed by atoms with Gasteiger partial charge in [0, 0.05) is 38.8 Å². The number of hydrogen-bond acceptors (Lipinski definition) is 7. The Morgan fingerprint density at radius 2 is 1.86 bits per heavy atom. The molecule has 4 rings (SSSR count). The van der Waals surface area contributed by atoms with Gasteiger partial charge in [-0.05, 0) is 70.2 Å². The second-order valence-electron chi connectivity index (χ2n) is 10.1. The predicted octanol–water partition coefficient (Wildman–Crippen LogP) is 4.24. The van der Waals surface area contributed by atoms with Crippen molar-refractivity contribution in [3.05, 3.63) is 46.9 Å². The number of aromatic nitrogens is 1. The maximum Gasteiger partial charge on any atom is 0.246 e. The lowest BCUT2D eigenvalue weighted by atomic mass is 9.95. The molecule has 0 bridgehead atoms. The average Bonchev–Trinajstić information content (AvgIpc) is 3.18. The summed E-state index contributed by atoms with van der Waals surface area (Å²) in [4.78, 5) is 17.3. The van der Waals surface area contributed by atoms with E-state index in [2.05, 4.69) is 23.9 Å². The Bertz CT molecular complexity index is 1030. The number of aryl methyl sites for hydroxylation is 2. The molecule has 2 aliphatic rings. The highest BCUT2D eigenvalue weighted by Gasteiger charge is 2.27. The zero-order chi connectivity index (χ0) is 25.7. The van der Waals surface area contributed by atoms with Crippen molar-refractivity contribution < 1.29 is 23.5 Å². The molecule has 2 unspecified atom stereocenters. The van der Waals surface area contributed by atoms with Crippen molar-refractivity contribution in [1.82, 2.24) is 15.0 Å². The van der Waals surface area contributed by atoms with Crippen molar-refractivity contribution in [3.8, 4) is 11.5 Å². The summed E-state index contributed by atoms with van der Waals surface area (Å²) in [5.74, 6) is 2.69. The maximum atomic E-state index is 12.8. The molecule has 3 heterocycles. The lowest BCUT2D eigenvalue weighted by Gasteiger charge is -2.39. The topological polar surface area (TPSA) is 77.3 Å². The highest BCUT2D eigenvalue weighted by atomic mass is 16.5. The van der Waals surface area contributed by atoms with E-state index in [0.717, 1.165) is 68.1 Å². The van der Waals surface area contributed by atoms with Crippen LogP contribution in [0.15, 0.2) is 28.8 Å². The molecule has 0 radical (unpaired) electrons. The van der Waals surface area contributed by atoms with E-state index in [4.69, 9.17) is 18.7 Å². The molecule has 36 heavy (non-hydrogen) atoms. The number of piperidine rings is 1. The van der Waals surface area contributed by atoms with Gasteiger partial charge >= 0.3 is 0 Å². The van der Waals surface area contributed by atoms with Gasteiger partial charge in [-0.3, -0.25) is 9.69 Å². The smallest absolute Gasteiger partial charge is 0.246 e. The molecule has 2 aromatic rings. The van der Waals surface area contributed by atoms with Crippen LogP contribution in [0.1, 0.15) is 49.3 Å². The van der Waals surface area contributed by atoms with Crippen LogP contribution in [-0.2, 0) is 16.1 Å². The van der Waals surface area contributed by atoms with Crippen LogP contribution in [0.5, 0.6) is 11.5 Å². The average molecular weight is 498 g/mol. The fourth-order valence-corrected chi connectivity index (χ4v) is 5.17. The minimum Gasteiger partial charge on any atom is -0.493 e. The summed E-state index contributed by atoms with van der Waals surface area (Å²) < 4.78 is 22.5. The van der Waals surface area contributed by atoms with E-state index < -0.39 is 0 Å². The van der Waals surface area contributed by atoms with E-state index in [1.807, 2.05) is 43.0 Å². The summed E-state index contributed by atoms with van der Waals surface area (Å²) >= 11 is 0. The quantitative estimate of drug-likeness (QED) is 0.505. The number of methoxy groups -OCH3 is 1. The van der Waals surface area contributed by atoms with Gasteiger partial charge in [0.05, 0.1) is 30.6 Å². The molecule has 0 saturated carbocycles. The lowest BCUT2D eigenvalue weighted by molar-refractivity contribution is -0.127. The Morgan fingerprint density at radius 1 is 1.14 bits per heavy atom. The molecule has 2 saturated heterocycles. The molecule has 8 heteroatoms. The van der Waals surface area contributed by atoms with Crippen LogP contribution in [0.25, 0.3) is 6.08 Å². The molecule has 0 N–H and O–H groups in total. The summed E-state index contributed by atoms with van der Waals surface area (Å²) in [7, 11) is 1.61. The van der Waals surface area contributed by atoms with Crippen molar-refractivity contribution >= 4 is 12.0 Å². The molecular formula is C28H39N3O5. The molecule has 2 atom stereocenters. The maximum absolute atomic E-state index is 12.8. The number of rotatable bonds is 8. The molecule has 0 aliphatic carbocycles. The second-order valence-corrected chi connectivity index (χ2v) is 10.1. The van der Waals surface area contributed by atoms with Gasteiger partial charge in [-0.15, -0.1) is 0 Å². The summed E-state index contributed by atoms with van der Waals surface area (Å²) in [6.45, 7) is 13.1. The van der Waals surface area contributed by atoms with Crippen LogP contribution in [0, 0.1) is 19.8 Å². The first-order valence-electron chi connectivity index (χ1n) is 12.9. The number of morpholine rings is 1. The minimum atomic E-state index is 0.0553. The molecule has 2 fully saturated rings. The zero-order valence-corrected chi connectivity index (χ0v) is 22.2. The molecule has 1 aromatic heterocycles.